The van der Waals surface area contributed by atoms with Crippen LogP contribution in [-0.4, -0.2) is 17.6 Å². The molecule has 1 aromatic rings. The molecule has 3 nitrogen and oxygen atoms in total. The van der Waals surface area contributed by atoms with Gasteiger partial charge in [0.15, 0.2) is 0 Å². The van der Waals surface area contributed by atoms with Gasteiger partial charge in [-0.25, -0.2) is 0 Å². The normalized spacial score (nSPS) is 17.4. The van der Waals surface area contributed by atoms with Gasteiger partial charge in [-0.05, 0) is 38.2 Å². The summed E-state index contributed by atoms with van der Waals surface area (Å²) in [6, 6.07) is 9.32. The number of aliphatic hydroxyl groups is 1. The lowest BCUT2D eigenvalue weighted by molar-refractivity contribution is -0.125. The molecule has 0 spiro atoms. The Labute approximate surface area is 120 Å². The number of carbonyl (C=O) groups excluding carboxylic acids is 1. The highest BCUT2D eigenvalue weighted by Crippen LogP contribution is 2.24. The fourth-order valence-corrected chi connectivity index (χ4v) is 2.60. The van der Waals surface area contributed by atoms with Crippen LogP contribution in [0.2, 0.25) is 0 Å². The zero-order valence-corrected chi connectivity index (χ0v) is 12.1. The van der Waals surface area contributed by atoms with Crippen LogP contribution in [0.1, 0.15) is 44.6 Å². The van der Waals surface area contributed by atoms with Crippen LogP contribution in [-0.2, 0) is 10.4 Å². The van der Waals surface area contributed by atoms with Crippen LogP contribution in [0.4, 0.5) is 0 Å². The predicted octanol–water partition coefficient (Wildman–Crippen LogP) is 2.90. The van der Waals surface area contributed by atoms with E-state index in [1.54, 1.807) is 6.92 Å². The van der Waals surface area contributed by atoms with Gasteiger partial charge in [0.2, 0.25) is 5.91 Å². The van der Waals surface area contributed by atoms with Crippen LogP contribution in [0.15, 0.2) is 42.0 Å². The molecule has 0 heterocycles. The molecule has 1 aliphatic carbocycles. The van der Waals surface area contributed by atoms with Gasteiger partial charge in [-0.1, -0.05) is 42.0 Å². The van der Waals surface area contributed by atoms with Gasteiger partial charge in [0.25, 0.3) is 0 Å². The Morgan fingerprint density at radius 3 is 2.75 bits per heavy atom. The first-order chi connectivity index (χ1) is 9.58. The van der Waals surface area contributed by atoms with E-state index in [1.165, 1.54) is 18.4 Å². The Morgan fingerprint density at radius 1 is 1.35 bits per heavy atom. The fourth-order valence-electron chi connectivity index (χ4n) is 2.60. The van der Waals surface area contributed by atoms with Gasteiger partial charge in [0.1, 0.15) is 0 Å². The fraction of sp³-hybridized carbons (Fsp3) is 0.471. The van der Waals surface area contributed by atoms with Crippen molar-refractivity contribution in [3.05, 3.63) is 47.5 Å². The topological polar surface area (TPSA) is 49.3 Å². The lowest BCUT2D eigenvalue weighted by Crippen LogP contribution is -2.33. The minimum absolute atomic E-state index is 0.0933. The number of amides is 1. The molecule has 2 rings (SSSR count). The molecule has 0 saturated carbocycles. The van der Waals surface area contributed by atoms with Crippen molar-refractivity contribution in [1.29, 1.82) is 0 Å². The quantitative estimate of drug-likeness (QED) is 0.783. The van der Waals surface area contributed by atoms with Gasteiger partial charge >= 0.3 is 0 Å². The van der Waals surface area contributed by atoms with Crippen LogP contribution in [0, 0.1) is 0 Å². The summed E-state index contributed by atoms with van der Waals surface area (Å²) < 4.78 is 0. The highest BCUT2D eigenvalue weighted by atomic mass is 16.3. The SMILES string of the molecule is CC(O)(CC(=O)NCCC1=CCCC1)c1ccccc1. The number of allylic oxidation sites excluding steroid dienone is 1. The predicted molar refractivity (Wildman–Crippen MR) is 80.2 cm³/mol. The summed E-state index contributed by atoms with van der Waals surface area (Å²) in [5, 5.41) is 13.3. The molecule has 20 heavy (non-hydrogen) atoms. The van der Waals surface area contributed by atoms with Crippen molar-refractivity contribution in [2.75, 3.05) is 6.54 Å². The second-order valence-corrected chi connectivity index (χ2v) is 5.67. The highest BCUT2D eigenvalue weighted by Gasteiger charge is 2.26. The van der Waals surface area contributed by atoms with Crippen molar-refractivity contribution < 1.29 is 9.90 Å². The molecule has 0 aromatic heterocycles. The van der Waals surface area contributed by atoms with Crippen LogP contribution in [0.5, 0.6) is 0 Å². The number of nitrogens with one attached hydrogen (secondary N) is 1. The maximum Gasteiger partial charge on any atom is 0.223 e. The summed E-state index contributed by atoms with van der Waals surface area (Å²) in [4.78, 5) is 11.9. The van der Waals surface area contributed by atoms with Gasteiger partial charge < -0.3 is 10.4 Å². The molecule has 2 N–H and O–H groups in total. The van der Waals surface area contributed by atoms with E-state index in [0.717, 1.165) is 18.4 Å². The molecule has 108 valence electrons. The summed E-state index contributed by atoms with van der Waals surface area (Å²) in [5.41, 5.74) is 1.10. The summed E-state index contributed by atoms with van der Waals surface area (Å²) in [6.45, 7) is 2.34. The minimum Gasteiger partial charge on any atom is -0.385 e. The molecule has 1 aromatic carbocycles. The van der Waals surface area contributed by atoms with E-state index < -0.39 is 5.60 Å². The van der Waals surface area contributed by atoms with E-state index in [0.29, 0.717) is 6.54 Å². The molecule has 0 saturated heterocycles. The molecule has 0 aliphatic heterocycles. The van der Waals surface area contributed by atoms with Crippen molar-refractivity contribution in [3.8, 4) is 0 Å². The molecule has 1 amide bonds. The van der Waals surface area contributed by atoms with Crippen molar-refractivity contribution in [3.63, 3.8) is 0 Å². The molecule has 0 fully saturated rings. The Morgan fingerprint density at radius 2 is 2.10 bits per heavy atom. The molecular formula is C17H23NO2. The van der Waals surface area contributed by atoms with E-state index in [9.17, 15) is 9.90 Å². The van der Waals surface area contributed by atoms with E-state index in [2.05, 4.69) is 11.4 Å². The Bertz CT molecular complexity index is 477. The Balaban J connectivity index is 1.78. The summed E-state index contributed by atoms with van der Waals surface area (Å²) >= 11 is 0. The van der Waals surface area contributed by atoms with Crippen LogP contribution in [0.3, 0.4) is 0 Å². The van der Waals surface area contributed by atoms with Crippen LogP contribution < -0.4 is 5.32 Å². The van der Waals surface area contributed by atoms with Crippen LogP contribution >= 0.6 is 0 Å². The van der Waals surface area contributed by atoms with E-state index >= 15 is 0 Å². The molecule has 0 bridgehead atoms. The lowest BCUT2D eigenvalue weighted by Gasteiger charge is -2.23. The van der Waals surface area contributed by atoms with Gasteiger partial charge in [0.05, 0.1) is 12.0 Å². The maximum atomic E-state index is 11.9. The molecule has 3 heteroatoms. The van der Waals surface area contributed by atoms with Crippen molar-refractivity contribution in [2.45, 2.75) is 44.6 Å². The first kappa shape index (κ1) is 14.8. The summed E-state index contributed by atoms with van der Waals surface area (Å²) in [5.74, 6) is -0.0996. The number of carbonyl (C=O) groups is 1. The smallest absolute Gasteiger partial charge is 0.223 e. The second kappa shape index (κ2) is 6.71. The molecule has 1 atom stereocenters. The number of hydrogen-bond acceptors (Lipinski definition) is 2. The lowest BCUT2D eigenvalue weighted by atomic mass is 9.92. The monoisotopic (exact) mass is 273 g/mol. The molecular weight excluding hydrogens is 250 g/mol. The van der Waals surface area contributed by atoms with Crippen LogP contribution in [0.25, 0.3) is 0 Å². The third kappa shape index (κ3) is 4.20. The zero-order chi connectivity index (χ0) is 14.4. The first-order valence-electron chi connectivity index (χ1n) is 7.30. The van der Waals surface area contributed by atoms with Gasteiger partial charge in [0, 0.05) is 6.54 Å². The number of benzene rings is 1. The van der Waals surface area contributed by atoms with Gasteiger partial charge in [-0.2, -0.15) is 0 Å². The maximum absolute atomic E-state index is 11.9. The largest absolute Gasteiger partial charge is 0.385 e. The Kier molecular flexibility index (Phi) is 4.96. The summed E-state index contributed by atoms with van der Waals surface area (Å²) in [7, 11) is 0. The Hall–Kier alpha value is -1.61. The molecule has 0 radical (unpaired) electrons. The zero-order valence-electron chi connectivity index (χ0n) is 12.1. The standard InChI is InChI=1S/C17H23NO2/c1-17(20,15-9-3-2-4-10-15)13-16(19)18-12-11-14-7-5-6-8-14/h2-4,7,9-10,20H,5-6,8,11-13H2,1H3,(H,18,19). The van der Waals surface area contributed by atoms with Crippen molar-refractivity contribution >= 4 is 5.91 Å². The number of rotatable bonds is 6. The highest BCUT2D eigenvalue weighted by molar-refractivity contribution is 5.77. The number of hydrogen-bond donors (Lipinski definition) is 2. The van der Waals surface area contributed by atoms with Crippen molar-refractivity contribution in [2.24, 2.45) is 0 Å². The summed E-state index contributed by atoms with van der Waals surface area (Å²) in [6.07, 6.45) is 6.87. The second-order valence-electron chi connectivity index (χ2n) is 5.67. The third-order valence-corrected chi connectivity index (χ3v) is 3.80. The molecule has 1 unspecified atom stereocenters. The molecule has 1 aliphatic rings. The first-order valence-corrected chi connectivity index (χ1v) is 7.30. The van der Waals surface area contributed by atoms with E-state index in [4.69, 9.17) is 0 Å². The third-order valence-electron chi connectivity index (χ3n) is 3.80. The van der Waals surface area contributed by atoms with Gasteiger partial charge in [-0.3, -0.25) is 4.79 Å². The average Bonchev–Trinajstić information content (AvgIpc) is 2.92. The van der Waals surface area contributed by atoms with E-state index in [1.807, 2.05) is 30.3 Å². The van der Waals surface area contributed by atoms with E-state index in [-0.39, 0.29) is 12.3 Å². The van der Waals surface area contributed by atoms with Crippen molar-refractivity contribution in [1.82, 2.24) is 5.32 Å². The van der Waals surface area contributed by atoms with Gasteiger partial charge in [-0.15, -0.1) is 0 Å². The minimum atomic E-state index is -1.11. The average molecular weight is 273 g/mol.